The van der Waals surface area contributed by atoms with Gasteiger partial charge in [0.2, 0.25) is 0 Å². The Kier molecular flexibility index (Phi) is 4.58. The van der Waals surface area contributed by atoms with Gasteiger partial charge in [-0.05, 0) is 0 Å². The van der Waals surface area contributed by atoms with E-state index in [0.717, 1.165) is 0 Å². The third-order valence-corrected chi connectivity index (χ3v) is 1.80. The van der Waals surface area contributed by atoms with E-state index in [1.807, 2.05) is 0 Å². The largest absolute Gasteiger partial charge is 1.00 e. The quantitative estimate of drug-likeness (QED) is 0.421. The van der Waals surface area contributed by atoms with Crippen molar-refractivity contribution in [1.82, 2.24) is 5.32 Å². The first kappa shape index (κ1) is 12.1. The molecule has 0 aromatic heterocycles. The van der Waals surface area contributed by atoms with Gasteiger partial charge in [0.15, 0.2) is 0 Å². The van der Waals surface area contributed by atoms with Gasteiger partial charge in [-0.25, -0.2) is 9.59 Å². The normalized spacial score (nSPS) is 21.8. The molecule has 1 heterocycles. The SMILES string of the molecule is CCC(=O)[NH+]1CCNC(=O)C1=O.[Cl-]. The van der Waals surface area contributed by atoms with Gasteiger partial charge in [0.25, 0.3) is 0 Å². The van der Waals surface area contributed by atoms with E-state index < -0.39 is 11.8 Å². The molecule has 0 aromatic rings. The Balaban J connectivity index is 0.00000144. The Morgan fingerprint density at radius 3 is 2.69 bits per heavy atom. The van der Waals surface area contributed by atoms with Crippen LogP contribution in [0.5, 0.6) is 0 Å². The van der Waals surface area contributed by atoms with Gasteiger partial charge in [-0.2, -0.15) is 4.90 Å². The summed E-state index contributed by atoms with van der Waals surface area (Å²) in [5.41, 5.74) is 0. The molecule has 0 bridgehead atoms. The molecule has 1 unspecified atom stereocenters. The molecule has 0 radical (unpaired) electrons. The molecule has 5 nitrogen and oxygen atoms in total. The van der Waals surface area contributed by atoms with Crippen molar-refractivity contribution in [3.8, 4) is 0 Å². The molecular formula is C7H11ClN2O3. The Labute approximate surface area is 81.9 Å². The molecular weight excluding hydrogens is 196 g/mol. The van der Waals surface area contributed by atoms with Crippen LogP contribution < -0.4 is 22.6 Å². The summed E-state index contributed by atoms with van der Waals surface area (Å²) in [6, 6.07) is 0. The Bertz CT molecular complexity index is 242. The summed E-state index contributed by atoms with van der Waals surface area (Å²) in [6.45, 7) is 2.44. The zero-order valence-electron chi connectivity index (χ0n) is 7.22. The van der Waals surface area contributed by atoms with E-state index in [0.29, 0.717) is 13.1 Å². The van der Waals surface area contributed by atoms with Gasteiger partial charge in [0, 0.05) is 0 Å². The molecule has 13 heavy (non-hydrogen) atoms. The van der Waals surface area contributed by atoms with Crippen LogP contribution in [0.25, 0.3) is 0 Å². The second kappa shape index (κ2) is 4.94. The van der Waals surface area contributed by atoms with E-state index in [4.69, 9.17) is 0 Å². The molecule has 2 N–H and O–H groups in total. The van der Waals surface area contributed by atoms with Crippen molar-refractivity contribution in [1.29, 1.82) is 0 Å². The maximum absolute atomic E-state index is 11.1. The average Bonchev–Trinajstić information content (AvgIpc) is 2.08. The van der Waals surface area contributed by atoms with E-state index in [1.165, 1.54) is 0 Å². The maximum Gasteiger partial charge on any atom is 0.409 e. The summed E-state index contributed by atoms with van der Waals surface area (Å²) >= 11 is 0. The Morgan fingerprint density at radius 1 is 1.54 bits per heavy atom. The van der Waals surface area contributed by atoms with Crippen LogP contribution in [0.15, 0.2) is 0 Å². The minimum Gasteiger partial charge on any atom is -1.00 e. The second-order valence-electron chi connectivity index (χ2n) is 2.59. The monoisotopic (exact) mass is 206 g/mol. The molecule has 0 saturated carbocycles. The molecule has 74 valence electrons. The van der Waals surface area contributed by atoms with E-state index in [9.17, 15) is 14.4 Å². The number of amides is 3. The van der Waals surface area contributed by atoms with E-state index in [1.54, 1.807) is 6.92 Å². The molecule has 1 fully saturated rings. The number of halogens is 1. The Morgan fingerprint density at radius 2 is 2.15 bits per heavy atom. The van der Waals surface area contributed by atoms with Crippen LogP contribution in [-0.2, 0) is 14.4 Å². The summed E-state index contributed by atoms with van der Waals surface area (Å²) in [7, 11) is 0. The third-order valence-electron chi connectivity index (χ3n) is 1.80. The lowest BCUT2D eigenvalue weighted by Gasteiger charge is -2.18. The van der Waals surface area contributed by atoms with Crippen molar-refractivity contribution < 1.29 is 31.7 Å². The fourth-order valence-corrected chi connectivity index (χ4v) is 1.11. The third kappa shape index (κ3) is 2.50. The zero-order chi connectivity index (χ0) is 9.14. The van der Waals surface area contributed by atoms with Crippen LogP contribution in [0, 0.1) is 0 Å². The molecule has 0 aliphatic carbocycles. The topological polar surface area (TPSA) is 67.7 Å². The van der Waals surface area contributed by atoms with Crippen molar-refractivity contribution >= 4 is 17.7 Å². The number of hydrogen-bond donors (Lipinski definition) is 2. The second-order valence-corrected chi connectivity index (χ2v) is 2.59. The molecule has 0 spiro atoms. The fourth-order valence-electron chi connectivity index (χ4n) is 1.11. The highest BCUT2D eigenvalue weighted by Gasteiger charge is 2.35. The Hall–Kier alpha value is -0.940. The van der Waals surface area contributed by atoms with Crippen molar-refractivity contribution in [3.63, 3.8) is 0 Å². The number of imide groups is 1. The number of carbonyl (C=O) groups excluding carboxylic acids is 3. The van der Waals surface area contributed by atoms with Crippen molar-refractivity contribution in [2.75, 3.05) is 13.1 Å². The predicted molar refractivity (Wildman–Crippen MR) is 39.1 cm³/mol. The molecule has 1 atom stereocenters. The highest BCUT2D eigenvalue weighted by molar-refractivity contribution is 6.32. The number of rotatable bonds is 1. The summed E-state index contributed by atoms with van der Waals surface area (Å²) < 4.78 is 0. The summed E-state index contributed by atoms with van der Waals surface area (Å²) in [6.07, 6.45) is 0.286. The summed E-state index contributed by atoms with van der Waals surface area (Å²) in [5, 5.41) is 2.38. The van der Waals surface area contributed by atoms with Gasteiger partial charge in [-0.15, -0.1) is 0 Å². The van der Waals surface area contributed by atoms with Crippen LogP contribution in [0.3, 0.4) is 0 Å². The highest BCUT2D eigenvalue weighted by atomic mass is 35.5. The van der Waals surface area contributed by atoms with Crippen molar-refractivity contribution in [3.05, 3.63) is 0 Å². The predicted octanol–water partition coefficient (Wildman–Crippen LogP) is -5.53. The standard InChI is InChI=1S/C7H10N2O3.ClH/c1-2-5(10)9-4-3-8-6(11)7(9)12;/h2-4H2,1H3,(H,8,11);1H. The first-order valence-electron chi connectivity index (χ1n) is 3.88. The molecule has 0 aromatic carbocycles. The van der Waals surface area contributed by atoms with Crippen LogP contribution in [0.2, 0.25) is 0 Å². The van der Waals surface area contributed by atoms with Crippen LogP contribution in [-0.4, -0.2) is 30.8 Å². The lowest BCUT2D eigenvalue weighted by Crippen LogP contribution is -3.20. The minimum absolute atomic E-state index is 0. The van der Waals surface area contributed by atoms with Crippen molar-refractivity contribution in [2.24, 2.45) is 0 Å². The van der Waals surface area contributed by atoms with E-state index in [-0.39, 0.29) is 29.6 Å². The van der Waals surface area contributed by atoms with Gasteiger partial charge in [0.1, 0.15) is 6.54 Å². The molecule has 1 rings (SSSR count). The minimum atomic E-state index is -0.659. The van der Waals surface area contributed by atoms with Gasteiger partial charge in [-0.3, -0.25) is 4.79 Å². The maximum atomic E-state index is 11.1. The number of hydrogen-bond acceptors (Lipinski definition) is 3. The van der Waals surface area contributed by atoms with Crippen LogP contribution in [0.1, 0.15) is 13.3 Å². The van der Waals surface area contributed by atoms with Gasteiger partial charge in [0.05, 0.1) is 13.0 Å². The summed E-state index contributed by atoms with van der Waals surface area (Å²) in [5.74, 6) is -1.53. The first-order valence-corrected chi connectivity index (χ1v) is 3.88. The fraction of sp³-hybridized carbons (Fsp3) is 0.571. The molecule has 1 aliphatic heterocycles. The van der Waals surface area contributed by atoms with Crippen molar-refractivity contribution in [2.45, 2.75) is 13.3 Å². The lowest BCUT2D eigenvalue weighted by atomic mass is 10.3. The number of quaternary nitrogens is 1. The van der Waals surface area contributed by atoms with Gasteiger partial charge in [-0.1, -0.05) is 6.92 Å². The lowest BCUT2D eigenvalue weighted by molar-refractivity contribution is -0.736. The zero-order valence-corrected chi connectivity index (χ0v) is 7.98. The summed E-state index contributed by atoms with van der Waals surface area (Å²) in [4.78, 5) is 33.1. The number of carbonyl (C=O) groups is 3. The van der Waals surface area contributed by atoms with Crippen LogP contribution >= 0.6 is 0 Å². The van der Waals surface area contributed by atoms with E-state index >= 15 is 0 Å². The molecule has 1 saturated heterocycles. The van der Waals surface area contributed by atoms with Gasteiger partial charge < -0.3 is 17.7 Å². The number of nitrogens with one attached hydrogen (secondary N) is 2. The molecule has 6 heteroatoms. The average molecular weight is 207 g/mol. The molecule has 1 aliphatic rings. The van der Waals surface area contributed by atoms with E-state index in [2.05, 4.69) is 5.32 Å². The smallest absolute Gasteiger partial charge is 0.409 e. The highest BCUT2D eigenvalue weighted by Crippen LogP contribution is 1.75. The van der Waals surface area contributed by atoms with Crippen LogP contribution in [0.4, 0.5) is 0 Å². The first-order chi connectivity index (χ1) is 5.66. The van der Waals surface area contributed by atoms with Gasteiger partial charge >= 0.3 is 17.7 Å². The number of piperazine rings is 1. The molecule has 3 amide bonds.